The molecule has 1 rings (SSSR count). The second kappa shape index (κ2) is 5.98. The standard InChI is InChI=1S/C11H16FNO4S2/c1-3-4-9(2)13-19(16,17)11-7-5-10(6-8-11)18(12,14)15/h5-9,13H,3-4H2,1-2H3. The number of benzene rings is 1. The third-order valence-electron chi connectivity index (χ3n) is 2.49. The number of nitrogens with one attached hydrogen (secondary N) is 1. The Bertz CT molecular complexity index is 623. The van der Waals surface area contributed by atoms with E-state index in [2.05, 4.69) is 4.72 Å². The average Bonchev–Trinajstić information content (AvgIpc) is 2.27. The van der Waals surface area contributed by atoms with E-state index in [0.29, 0.717) is 6.42 Å². The van der Waals surface area contributed by atoms with E-state index in [0.717, 1.165) is 30.7 Å². The van der Waals surface area contributed by atoms with Crippen molar-refractivity contribution in [2.45, 2.75) is 42.5 Å². The van der Waals surface area contributed by atoms with E-state index in [1.54, 1.807) is 6.92 Å². The number of hydrogen-bond acceptors (Lipinski definition) is 4. The second-order valence-electron chi connectivity index (χ2n) is 4.22. The summed E-state index contributed by atoms with van der Waals surface area (Å²) in [4.78, 5) is -0.657. The highest BCUT2D eigenvalue weighted by Gasteiger charge is 2.18. The lowest BCUT2D eigenvalue weighted by Gasteiger charge is -2.13. The molecule has 0 aliphatic heterocycles. The molecule has 0 bridgehead atoms. The van der Waals surface area contributed by atoms with E-state index in [1.165, 1.54) is 0 Å². The van der Waals surface area contributed by atoms with Crippen LogP contribution < -0.4 is 4.72 Å². The molecule has 0 spiro atoms. The molecule has 1 unspecified atom stereocenters. The van der Waals surface area contributed by atoms with Crippen LogP contribution in [0, 0.1) is 0 Å². The lowest BCUT2D eigenvalue weighted by Crippen LogP contribution is -2.32. The van der Waals surface area contributed by atoms with Crippen molar-refractivity contribution in [3.63, 3.8) is 0 Å². The Kier molecular flexibility index (Phi) is 5.05. The molecule has 0 radical (unpaired) electrons. The van der Waals surface area contributed by atoms with Gasteiger partial charge in [-0.1, -0.05) is 13.3 Å². The summed E-state index contributed by atoms with van der Waals surface area (Å²) in [5.41, 5.74) is 0. The molecule has 0 amide bonds. The molecule has 1 atom stereocenters. The summed E-state index contributed by atoms with van der Waals surface area (Å²) in [6.45, 7) is 3.67. The minimum Gasteiger partial charge on any atom is -0.208 e. The lowest BCUT2D eigenvalue weighted by atomic mass is 10.2. The molecule has 0 aromatic heterocycles. The summed E-state index contributed by atoms with van der Waals surface area (Å²) in [7, 11) is -8.52. The van der Waals surface area contributed by atoms with Crippen LogP contribution in [0.1, 0.15) is 26.7 Å². The zero-order chi connectivity index (χ0) is 14.7. The van der Waals surface area contributed by atoms with Gasteiger partial charge in [-0.05, 0) is 37.6 Å². The Labute approximate surface area is 113 Å². The first-order valence-corrected chi connectivity index (χ1v) is 8.60. The van der Waals surface area contributed by atoms with Crippen LogP contribution in [0.4, 0.5) is 3.89 Å². The van der Waals surface area contributed by atoms with Crippen molar-refractivity contribution in [3.05, 3.63) is 24.3 Å². The van der Waals surface area contributed by atoms with Crippen LogP contribution in [0.2, 0.25) is 0 Å². The molecule has 0 aliphatic rings. The largest absolute Gasteiger partial charge is 0.332 e. The Balaban J connectivity index is 2.97. The smallest absolute Gasteiger partial charge is 0.208 e. The minimum atomic E-state index is -4.81. The van der Waals surface area contributed by atoms with Gasteiger partial charge in [0, 0.05) is 6.04 Å². The number of halogens is 1. The van der Waals surface area contributed by atoms with Crippen LogP contribution in [0.5, 0.6) is 0 Å². The van der Waals surface area contributed by atoms with E-state index in [9.17, 15) is 20.7 Å². The van der Waals surface area contributed by atoms with Gasteiger partial charge in [0.1, 0.15) is 0 Å². The fourth-order valence-corrected chi connectivity index (χ4v) is 3.35. The number of hydrogen-bond donors (Lipinski definition) is 1. The van der Waals surface area contributed by atoms with Gasteiger partial charge in [0.15, 0.2) is 0 Å². The molecular formula is C11H16FNO4S2. The molecule has 8 heteroatoms. The first-order chi connectivity index (χ1) is 8.66. The highest BCUT2D eigenvalue weighted by atomic mass is 32.3. The van der Waals surface area contributed by atoms with Crippen LogP contribution in [0.3, 0.4) is 0 Å². The normalized spacial score (nSPS) is 14.3. The topological polar surface area (TPSA) is 80.3 Å². The van der Waals surface area contributed by atoms with Gasteiger partial charge in [-0.3, -0.25) is 0 Å². The van der Waals surface area contributed by atoms with E-state index in [4.69, 9.17) is 0 Å². The molecule has 0 heterocycles. The maximum absolute atomic E-state index is 12.7. The van der Waals surface area contributed by atoms with Crippen LogP contribution >= 0.6 is 0 Å². The van der Waals surface area contributed by atoms with Gasteiger partial charge in [0.05, 0.1) is 9.79 Å². The van der Waals surface area contributed by atoms with Crippen molar-refractivity contribution >= 4 is 20.2 Å². The fourth-order valence-electron chi connectivity index (χ4n) is 1.61. The number of sulfonamides is 1. The molecule has 0 aliphatic carbocycles. The van der Waals surface area contributed by atoms with Gasteiger partial charge in [0.2, 0.25) is 10.0 Å². The maximum Gasteiger partial charge on any atom is 0.332 e. The van der Waals surface area contributed by atoms with Gasteiger partial charge in [-0.15, -0.1) is 3.89 Å². The third-order valence-corrected chi connectivity index (χ3v) is 4.93. The Morgan fingerprint density at radius 1 is 1.11 bits per heavy atom. The summed E-state index contributed by atoms with van der Waals surface area (Å²) in [5.74, 6) is 0. The van der Waals surface area contributed by atoms with Crippen molar-refractivity contribution < 1.29 is 20.7 Å². The van der Waals surface area contributed by atoms with E-state index in [1.807, 2.05) is 6.92 Å². The van der Waals surface area contributed by atoms with E-state index in [-0.39, 0.29) is 10.9 Å². The molecular weight excluding hydrogens is 293 g/mol. The van der Waals surface area contributed by atoms with Crippen molar-refractivity contribution in [1.29, 1.82) is 0 Å². The molecule has 0 fully saturated rings. The predicted octanol–water partition coefficient (Wildman–Crippen LogP) is 1.81. The second-order valence-corrected chi connectivity index (χ2v) is 7.28. The Morgan fingerprint density at radius 2 is 1.58 bits per heavy atom. The van der Waals surface area contributed by atoms with E-state index >= 15 is 0 Å². The SMILES string of the molecule is CCCC(C)NS(=O)(=O)c1ccc(S(=O)(=O)F)cc1. The average molecular weight is 309 g/mol. The summed E-state index contributed by atoms with van der Waals surface area (Å²) in [6.07, 6.45) is 1.53. The molecule has 0 saturated carbocycles. The van der Waals surface area contributed by atoms with Crippen LogP contribution in [0.25, 0.3) is 0 Å². The van der Waals surface area contributed by atoms with Crippen LogP contribution in [-0.4, -0.2) is 22.9 Å². The highest BCUT2D eigenvalue weighted by molar-refractivity contribution is 7.89. The Morgan fingerprint density at radius 3 is 2.00 bits per heavy atom. The maximum atomic E-state index is 12.7. The fraction of sp³-hybridized carbons (Fsp3) is 0.455. The van der Waals surface area contributed by atoms with Crippen molar-refractivity contribution in [3.8, 4) is 0 Å². The summed E-state index contributed by atoms with van der Waals surface area (Å²) < 4.78 is 60.2. The van der Waals surface area contributed by atoms with Gasteiger partial charge in [0.25, 0.3) is 0 Å². The van der Waals surface area contributed by atoms with Gasteiger partial charge >= 0.3 is 10.2 Å². The molecule has 1 aromatic carbocycles. The quantitative estimate of drug-likeness (QED) is 0.813. The monoisotopic (exact) mass is 309 g/mol. The molecule has 0 saturated heterocycles. The van der Waals surface area contributed by atoms with Gasteiger partial charge in [-0.25, -0.2) is 13.1 Å². The highest BCUT2D eigenvalue weighted by Crippen LogP contribution is 2.16. The third kappa shape index (κ3) is 4.55. The van der Waals surface area contributed by atoms with Crippen LogP contribution in [0.15, 0.2) is 34.1 Å². The van der Waals surface area contributed by atoms with Crippen molar-refractivity contribution in [1.82, 2.24) is 4.72 Å². The molecule has 108 valence electrons. The zero-order valence-electron chi connectivity index (χ0n) is 10.6. The number of rotatable bonds is 6. The molecule has 19 heavy (non-hydrogen) atoms. The summed E-state index contributed by atoms with van der Waals surface area (Å²) in [6, 6.07) is 3.75. The summed E-state index contributed by atoms with van der Waals surface area (Å²) in [5, 5.41) is 0. The van der Waals surface area contributed by atoms with Crippen LogP contribution in [-0.2, 0) is 20.2 Å². The van der Waals surface area contributed by atoms with Crippen molar-refractivity contribution in [2.75, 3.05) is 0 Å². The molecule has 1 N–H and O–H groups in total. The minimum absolute atomic E-state index is 0.0946. The first-order valence-electron chi connectivity index (χ1n) is 5.74. The van der Waals surface area contributed by atoms with Gasteiger partial charge in [-0.2, -0.15) is 8.42 Å². The zero-order valence-corrected chi connectivity index (χ0v) is 12.3. The van der Waals surface area contributed by atoms with E-state index < -0.39 is 25.1 Å². The lowest BCUT2D eigenvalue weighted by molar-refractivity contribution is 0.542. The molecule has 5 nitrogen and oxygen atoms in total. The Hall–Kier alpha value is -0.990. The summed E-state index contributed by atoms with van der Waals surface area (Å²) >= 11 is 0. The van der Waals surface area contributed by atoms with Gasteiger partial charge < -0.3 is 0 Å². The van der Waals surface area contributed by atoms with Crippen molar-refractivity contribution in [2.24, 2.45) is 0 Å². The first kappa shape index (κ1) is 16.1. The molecule has 1 aromatic rings. The predicted molar refractivity (Wildman–Crippen MR) is 69.4 cm³/mol.